The van der Waals surface area contributed by atoms with Crippen molar-refractivity contribution in [2.45, 2.75) is 271 Å². The van der Waals surface area contributed by atoms with E-state index in [1.165, 1.54) is 89.9 Å². The van der Waals surface area contributed by atoms with Crippen LogP contribution in [0.2, 0.25) is 0 Å². The van der Waals surface area contributed by atoms with Gasteiger partial charge in [-0.25, -0.2) is 0 Å². The standard InChI is InChI=1S/C69H112O6/c1-4-7-10-13-16-19-22-25-27-29-30-31-32-33-34-35-36-37-38-39-40-41-43-44-47-50-53-56-59-62-68(71)74-65-66(64-73-67(70)61-58-55-52-49-46-24-21-18-15-12-9-6-3)75-69(72)63-60-57-54-51-48-45-42-28-26-23-20-17-14-11-8-5-2/h7,10,16,19-20,23,25,27-28,30-31,33-34,36-37,39-40,42-44,50,53,66H,4-6,8-9,11-15,17-18,21-22,24,26,29,32,35,38,41,45-49,51-52,54-65H2,1-3H3/b10-7-,19-16-,23-20-,27-25-,31-30-,34-33-,37-36-,40-39-,42-28-,44-43-,53-50-. The van der Waals surface area contributed by atoms with E-state index < -0.39 is 6.10 Å². The van der Waals surface area contributed by atoms with Gasteiger partial charge in [-0.3, -0.25) is 14.4 Å². The fourth-order valence-corrected chi connectivity index (χ4v) is 8.06. The van der Waals surface area contributed by atoms with E-state index in [4.69, 9.17) is 14.2 Å². The normalized spacial score (nSPS) is 13.1. The molecule has 0 fully saturated rings. The number of carbonyl (C=O) groups is 3. The molecule has 0 aliphatic carbocycles. The Hall–Kier alpha value is -4.45. The summed E-state index contributed by atoms with van der Waals surface area (Å²) in [6.07, 6.45) is 87.4. The Labute approximate surface area is 462 Å². The Kier molecular flexibility index (Phi) is 58.4. The van der Waals surface area contributed by atoms with Crippen LogP contribution in [0.3, 0.4) is 0 Å². The molecular weight excluding hydrogens is 925 g/mol. The van der Waals surface area contributed by atoms with Gasteiger partial charge in [0.25, 0.3) is 0 Å². The number of hydrogen-bond acceptors (Lipinski definition) is 6. The number of carbonyl (C=O) groups excluding carboxylic acids is 3. The average molecular weight is 1040 g/mol. The van der Waals surface area contributed by atoms with Crippen LogP contribution < -0.4 is 0 Å². The molecule has 0 aliphatic rings. The molecule has 0 saturated heterocycles. The summed E-state index contributed by atoms with van der Waals surface area (Å²) in [7, 11) is 0. The first-order valence-corrected chi connectivity index (χ1v) is 30.7. The van der Waals surface area contributed by atoms with E-state index in [0.717, 1.165) is 128 Å². The molecule has 0 bridgehead atoms. The molecule has 0 spiro atoms. The van der Waals surface area contributed by atoms with Crippen LogP contribution in [-0.4, -0.2) is 37.2 Å². The van der Waals surface area contributed by atoms with Gasteiger partial charge in [0, 0.05) is 19.3 Å². The summed E-state index contributed by atoms with van der Waals surface area (Å²) in [6.45, 7) is 6.44. The smallest absolute Gasteiger partial charge is 0.306 e. The number of allylic oxidation sites excluding steroid dienone is 22. The molecule has 0 aliphatic heterocycles. The van der Waals surface area contributed by atoms with Gasteiger partial charge in [0.2, 0.25) is 0 Å². The molecule has 0 radical (unpaired) electrons. The summed E-state index contributed by atoms with van der Waals surface area (Å²) >= 11 is 0. The van der Waals surface area contributed by atoms with Crippen molar-refractivity contribution in [2.75, 3.05) is 13.2 Å². The zero-order valence-electron chi connectivity index (χ0n) is 48.5. The fraction of sp³-hybridized carbons (Fsp3) is 0.638. The molecule has 1 atom stereocenters. The van der Waals surface area contributed by atoms with Crippen molar-refractivity contribution in [3.05, 3.63) is 134 Å². The van der Waals surface area contributed by atoms with Crippen molar-refractivity contribution in [2.24, 2.45) is 0 Å². The number of ether oxygens (including phenoxy) is 3. The van der Waals surface area contributed by atoms with Crippen LogP contribution in [0.25, 0.3) is 0 Å². The summed E-state index contributed by atoms with van der Waals surface area (Å²) in [5, 5.41) is 0. The highest BCUT2D eigenvalue weighted by molar-refractivity contribution is 5.71. The molecule has 424 valence electrons. The van der Waals surface area contributed by atoms with Gasteiger partial charge in [0.15, 0.2) is 6.10 Å². The van der Waals surface area contributed by atoms with E-state index in [-0.39, 0.29) is 37.5 Å². The highest BCUT2D eigenvalue weighted by Gasteiger charge is 2.19. The van der Waals surface area contributed by atoms with Gasteiger partial charge < -0.3 is 14.2 Å². The predicted molar refractivity (Wildman–Crippen MR) is 325 cm³/mol. The lowest BCUT2D eigenvalue weighted by molar-refractivity contribution is -0.167. The van der Waals surface area contributed by atoms with Crippen LogP contribution in [0.15, 0.2) is 134 Å². The van der Waals surface area contributed by atoms with Gasteiger partial charge in [0.05, 0.1) is 0 Å². The molecule has 1 unspecified atom stereocenters. The monoisotopic (exact) mass is 1040 g/mol. The minimum atomic E-state index is -0.812. The highest BCUT2D eigenvalue weighted by atomic mass is 16.6. The van der Waals surface area contributed by atoms with Gasteiger partial charge in [0.1, 0.15) is 13.2 Å². The first-order chi connectivity index (χ1) is 37.0. The third-order valence-corrected chi connectivity index (χ3v) is 12.6. The van der Waals surface area contributed by atoms with Crippen molar-refractivity contribution in [3.8, 4) is 0 Å². The Bertz CT molecular complexity index is 1620. The van der Waals surface area contributed by atoms with E-state index >= 15 is 0 Å². The average Bonchev–Trinajstić information content (AvgIpc) is 3.41. The summed E-state index contributed by atoms with van der Waals surface area (Å²) in [4.78, 5) is 38.2. The Morgan fingerprint density at radius 2 is 0.533 bits per heavy atom. The number of hydrogen-bond donors (Lipinski definition) is 0. The molecule has 0 saturated carbocycles. The molecule has 0 aromatic rings. The molecule has 6 heteroatoms. The van der Waals surface area contributed by atoms with Crippen molar-refractivity contribution in [1.29, 1.82) is 0 Å². The van der Waals surface area contributed by atoms with Gasteiger partial charge in [-0.05, 0) is 116 Å². The molecular formula is C69H112O6. The number of unbranched alkanes of at least 4 members (excludes halogenated alkanes) is 21. The van der Waals surface area contributed by atoms with E-state index in [2.05, 4.69) is 154 Å². The second-order valence-electron chi connectivity index (χ2n) is 19.9. The van der Waals surface area contributed by atoms with E-state index in [9.17, 15) is 14.4 Å². The van der Waals surface area contributed by atoms with Gasteiger partial charge >= 0.3 is 17.9 Å². The third-order valence-electron chi connectivity index (χ3n) is 12.6. The predicted octanol–water partition coefficient (Wildman–Crippen LogP) is 21.0. The second kappa shape index (κ2) is 62.1. The maximum absolute atomic E-state index is 12.9. The van der Waals surface area contributed by atoms with Crippen molar-refractivity contribution >= 4 is 17.9 Å². The summed E-state index contributed by atoms with van der Waals surface area (Å²) in [6, 6.07) is 0. The van der Waals surface area contributed by atoms with Gasteiger partial charge in [-0.1, -0.05) is 264 Å². The van der Waals surface area contributed by atoms with Gasteiger partial charge in [-0.15, -0.1) is 0 Å². The molecule has 0 aromatic carbocycles. The lowest BCUT2D eigenvalue weighted by atomic mass is 10.0. The summed E-state index contributed by atoms with van der Waals surface area (Å²) in [5.74, 6) is -0.980. The van der Waals surface area contributed by atoms with E-state index in [1.54, 1.807) is 0 Å². The molecule has 0 rings (SSSR count). The Morgan fingerprint density at radius 3 is 0.880 bits per heavy atom. The maximum atomic E-state index is 12.9. The molecule has 0 amide bonds. The summed E-state index contributed by atoms with van der Waals surface area (Å²) < 4.78 is 16.8. The SMILES string of the molecule is CC/C=C\C/C=C\C/C=C\C/C=C\C/C=C\C/C=C\C/C=C\C/C=C\C/C=C\CCCC(=O)OCC(COC(=O)CCCCCCCCCCCCCC)OC(=O)CCCCCCC/C=C\C/C=C\CCCCCC. The van der Waals surface area contributed by atoms with Crippen LogP contribution >= 0.6 is 0 Å². The molecule has 6 nitrogen and oxygen atoms in total. The topological polar surface area (TPSA) is 78.9 Å². The first kappa shape index (κ1) is 70.5. The Balaban J connectivity index is 4.44. The summed E-state index contributed by atoms with van der Waals surface area (Å²) in [5.41, 5.74) is 0. The first-order valence-electron chi connectivity index (χ1n) is 30.7. The molecule has 75 heavy (non-hydrogen) atoms. The minimum Gasteiger partial charge on any atom is -0.462 e. The van der Waals surface area contributed by atoms with Crippen LogP contribution in [0.5, 0.6) is 0 Å². The zero-order chi connectivity index (χ0) is 54.3. The third kappa shape index (κ3) is 60.3. The minimum absolute atomic E-state index is 0.103. The van der Waals surface area contributed by atoms with Crippen LogP contribution in [0.1, 0.15) is 265 Å². The quantitative estimate of drug-likeness (QED) is 0.0261. The van der Waals surface area contributed by atoms with Gasteiger partial charge in [-0.2, -0.15) is 0 Å². The van der Waals surface area contributed by atoms with E-state index in [1.807, 2.05) is 0 Å². The number of esters is 3. The molecule has 0 aromatic heterocycles. The van der Waals surface area contributed by atoms with Crippen LogP contribution in [0, 0.1) is 0 Å². The molecule has 0 N–H and O–H groups in total. The number of rotatable bonds is 54. The van der Waals surface area contributed by atoms with Crippen LogP contribution in [0.4, 0.5) is 0 Å². The largest absolute Gasteiger partial charge is 0.462 e. The maximum Gasteiger partial charge on any atom is 0.306 e. The van der Waals surface area contributed by atoms with Crippen molar-refractivity contribution < 1.29 is 28.6 Å². The lowest BCUT2D eigenvalue weighted by Crippen LogP contribution is -2.30. The van der Waals surface area contributed by atoms with Crippen LogP contribution in [-0.2, 0) is 28.6 Å². The molecule has 0 heterocycles. The highest BCUT2D eigenvalue weighted by Crippen LogP contribution is 2.14. The second-order valence-corrected chi connectivity index (χ2v) is 19.9. The fourth-order valence-electron chi connectivity index (χ4n) is 8.06. The van der Waals surface area contributed by atoms with Crippen molar-refractivity contribution in [1.82, 2.24) is 0 Å². The Morgan fingerprint density at radius 1 is 0.280 bits per heavy atom. The van der Waals surface area contributed by atoms with Crippen molar-refractivity contribution in [3.63, 3.8) is 0 Å². The van der Waals surface area contributed by atoms with E-state index in [0.29, 0.717) is 19.3 Å². The zero-order valence-corrected chi connectivity index (χ0v) is 48.5. The lowest BCUT2D eigenvalue weighted by Gasteiger charge is -2.18.